The first-order chi connectivity index (χ1) is 15.1. The Morgan fingerprint density at radius 1 is 1.16 bits per heavy atom. The smallest absolute Gasteiger partial charge is 0.341 e. The van der Waals surface area contributed by atoms with Crippen LogP contribution in [0.15, 0.2) is 35.9 Å². The molecule has 1 aliphatic heterocycles. The van der Waals surface area contributed by atoms with Gasteiger partial charge in [0.2, 0.25) is 0 Å². The fraction of sp³-hybridized carbons (Fsp3) is 0.143. The Morgan fingerprint density at radius 3 is 2.50 bits per heavy atom. The lowest BCUT2D eigenvalue weighted by atomic mass is 10.1. The first-order valence-corrected chi connectivity index (χ1v) is 9.77. The molecule has 0 atom stereocenters. The average molecular weight is 479 g/mol. The van der Waals surface area contributed by atoms with Gasteiger partial charge >= 0.3 is 12.0 Å². The van der Waals surface area contributed by atoms with Crippen LogP contribution in [0.1, 0.15) is 11.1 Å². The van der Waals surface area contributed by atoms with Gasteiger partial charge in [0, 0.05) is 5.02 Å². The summed E-state index contributed by atoms with van der Waals surface area (Å²) in [5, 5.41) is 11.2. The maximum atomic E-state index is 13.0. The minimum atomic E-state index is -1.21. The van der Waals surface area contributed by atoms with Crippen molar-refractivity contribution in [2.45, 2.75) is 6.92 Å². The number of aliphatic carboxylic acids is 1. The van der Waals surface area contributed by atoms with E-state index in [9.17, 15) is 19.2 Å². The van der Waals surface area contributed by atoms with Gasteiger partial charge in [-0.25, -0.2) is 14.5 Å². The Labute approximate surface area is 192 Å². The summed E-state index contributed by atoms with van der Waals surface area (Å²) >= 11 is 12.3. The lowest BCUT2D eigenvalue weighted by Gasteiger charge is -2.26. The molecule has 0 radical (unpaired) electrons. The quantitative estimate of drug-likeness (QED) is 0.481. The van der Waals surface area contributed by atoms with Crippen molar-refractivity contribution in [1.82, 2.24) is 5.32 Å². The summed E-state index contributed by atoms with van der Waals surface area (Å²) in [5.74, 6) is -2.88. The number of urea groups is 1. The molecule has 1 fully saturated rings. The first-order valence-electron chi connectivity index (χ1n) is 9.02. The third kappa shape index (κ3) is 4.68. The van der Waals surface area contributed by atoms with Crippen LogP contribution in [0.5, 0.6) is 11.5 Å². The van der Waals surface area contributed by atoms with Gasteiger partial charge in [-0.3, -0.25) is 14.9 Å². The van der Waals surface area contributed by atoms with Crippen LogP contribution in [0.2, 0.25) is 10.0 Å². The van der Waals surface area contributed by atoms with E-state index >= 15 is 0 Å². The molecule has 0 bridgehead atoms. The summed E-state index contributed by atoms with van der Waals surface area (Å²) in [5.41, 5.74) is 0.886. The maximum Gasteiger partial charge on any atom is 0.341 e. The van der Waals surface area contributed by atoms with Crippen molar-refractivity contribution in [3.8, 4) is 11.5 Å². The van der Waals surface area contributed by atoms with Crippen LogP contribution < -0.4 is 19.7 Å². The SMILES string of the molecule is COc1cc(/C=C2/C(=O)NC(=O)N(c3ccc(C)c(Cl)c3)C2=O)cc(Cl)c1OCC(=O)O. The summed E-state index contributed by atoms with van der Waals surface area (Å²) in [7, 11) is 1.32. The van der Waals surface area contributed by atoms with Crippen molar-refractivity contribution in [2.75, 3.05) is 18.6 Å². The number of ether oxygens (including phenoxy) is 2. The predicted octanol–water partition coefficient (Wildman–Crippen LogP) is 3.44. The molecule has 1 saturated heterocycles. The number of carbonyl (C=O) groups excluding carboxylic acids is 3. The van der Waals surface area contributed by atoms with Crippen molar-refractivity contribution >= 4 is 58.8 Å². The monoisotopic (exact) mass is 478 g/mol. The predicted molar refractivity (Wildman–Crippen MR) is 116 cm³/mol. The number of rotatable bonds is 6. The molecular weight excluding hydrogens is 463 g/mol. The molecule has 2 N–H and O–H groups in total. The van der Waals surface area contributed by atoms with Crippen LogP contribution >= 0.6 is 23.2 Å². The van der Waals surface area contributed by atoms with Gasteiger partial charge in [-0.15, -0.1) is 0 Å². The molecule has 0 saturated carbocycles. The minimum absolute atomic E-state index is 0.000588. The van der Waals surface area contributed by atoms with E-state index in [1.807, 2.05) is 0 Å². The van der Waals surface area contributed by atoms with Gasteiger partial charge in [-0.1, -0.05) is 29.3 Å². The number of carboxylic acids is 1. The van der Waals surface area contributed by atoms with Gasteiger partial charge in [0.15, 0.2) is 18.1 Å². The number of hydrogen-bond acceptors (Lipinski definition) is 6. The van der Waals surface area contributed by atoms with Crippen molar-refractivity contribution in [3.05, 3.63) is 57.1 Å². The summed E-state index contributed by atoms with van der Waals surface area (Å²) in [6.07, 6.45) is 1.22. The maximum absolute atomic E-state index is 13.0. The standard InChI is InChI=1S/C21H16Cl2N2O7/c1-10-3-4-12(8-14(10)22)25-20(29)13(19(28)24-21(25)30)5-11-6-15(23)18(16(7-11)31-2)32-9-17(26)27/h3-8H,9H2,1-2H3,(H,26,27)(H,24,28,30)/b13-5-. The van der Waals surface area contributed by atoms with Gasteiger partial charge in [0.05, 0.1) is 17.8 Å². The zero-order chi connectivity index (χ0) is 23.6. The van der Waals surface area contributed by atoms with E-state index in [-0.39, 0.29) is 33.3 Å². The molecule has 1 aliphatic rings. The number of halogens is 2. The van der Waals surface area contributed by atoms with Gasteiger partial charge < -0.3 is 14.6 Å². The molecule has 4 amide bonds. The van der Waals surface area contributed by atoms with E-state index in [0.29, 0.717) is 5.02 Å². The number of barbiturate groups is 1. The van der Waals surface area contributed by atoms with E-state index in [4.69, 9.17) is 37.8 Å². The topological polar surface area (TPSA) is 122 Å². The zero-order valence-corrected chi connectivity index (χ0v) is 18.3. The minimum Gasteiger partial charge on any atom is -0.493 e. The Kier molecular flexibility index (Phi) is 6.71. The number of nitrogens with zero attached hydrogens (tertiary/aromatic N) is 1. The second-order valence-electron chi connectivity index (χ2n) is 6.61. The largest absolute Gasteiger partial charge is 0.493 e. The van der Waals surface area contributed by atoms with Crippen LogP contribution in [-0.2, 0) is 14.4 Å². The lowest BCUT2D eigenvalue weighted by Crippen LogP contribution is -2.54. The summed E-state index contributed by atoms with van der Waals surface area (Å²) in [6.45, 7) is 1.12. The molecule has 3 rings (SSSR count). The Bertz CT molecular complexity index is 1180. The molecule has 2 aromatic carbocycles. The molecule has 0 aromatic heterocycles. The van der Waals surface area contributed by atoms with Crippen LogP contribution in [0.3, 0.4) is 0 Å². The Morgan fingerprint density at radius 2 is 1.88 bits per heavy atom. The molecule has 0 unspecified atom stereocenters. The molecule has 32 heavy (non-hydrogen) atoms. The van der Waals surface area contributed by atoms with Gasteiger partial charge in [0.1, 0.15) is 5.57 Å². The molecular formula is C21H16Cl2N2O7. The third-order valence-electron chi connectivity index (χ3n) is 4.42. The van der Waals surface area contributed by atoms with E-state index < -0.39 is 30.4 Å². The van der Waals surface area contributed by atoms with Crippen LogP contribution in [0, 0.1) is 6.92 Å². The second kappa shape index (κ2) is 9.29. The molecule has 0 spiro atoms. The van der Waals surface area contributed by atoms with Gasteiger partial charge in [-0.2, -0.15) is 0 Å². The number of benzene rings is 2. The van der Waals surface area contributed by atoms with Gasteiger partial charge in [0.25, 0.3) is 11.8 Å². The number of anilines is 1. The van der Waals surface area contributed by atoms with Crippen molar-refractivity contribution in [1.29, 1.82) is 0 Å². The molecule has 0 aliphatic carbocycles. The number of imide groups is 2. The second-order valence-corrected chi connectivity index (χ2v) is 7.42. The number of amides is 4. The third-order valence-corrected chi connectivity index (χ3v) is 5.11. The summed E-state index contributed by atoms with van der Waals surface area (Å²) in [6, 6.07) is 6.46. The highest BCUT2D eigenvalue weighted by Crippen LogP contribution is 2.37. The Hall–Kier alpha value is -3.56. The summed E-state index contributed by atoms with van der Waals surface area (Å²) < 4.78 is 10.3. The van der Waals surface area contributed by atoms with Crippen molar-refractivity contribution in [3.63, 3.8) is 0 Å². The average Bonchev–Trinajstić information content (AvgIpc) is 2.72. The van der Waals surface area contributed by atoms with Crippen LogP contribution in [0.4, 0.5) is 10.5 Å². The normalized spacial score (nSPS) is 15.1. The number of carboxylic acid groups (broad SMARTS) is 1. The molecule has 166 valence electrons. The number of nitrogens with one attached hydrogen (secondary N) is 1. The number of methoxy groups -OCH3 is 1. The van der Waals surface area contributed by atoms with Crippen molar-refractivity contribution in [2.24, 2.45) is 0 Å². The van der Waals surface area contributed by atoms with Gasteiger partial charge in [-0.05, 0) is 48.4 Å². The summed E-state index contributed by atoms with van der Waals surface area (Å²) in [4.78, 5) is 49.3. The highest BCUT2D eigenvalue weighted by molar-refractivity contribution is 6.39. The fourth-order valence-electron chi connectivity index (χ4n) is 2.88. The highest BCUT2D eigenvalue weighted by Gasteiger charge is 2.37. The number of carbonyl (C=O) groups is 4. The van der Waals surface area contributed by atoms with E-state index in [2.05, 4.69) is 5.32 Å². The van der Waals surface area contributed by atoms with E-state index in [0.717, 1.165) is 10.5 Å². The lowest BCUT2D eigenvalue weighted by molar-refractivity contribution is -0.139. The molecule has 2 aromatic rings. The van der Waals surface area contributed by atoms with E-state index in [1.54, 1.807) is 13.0 Å². The number of aryl methyl sites for hydroxylation is 1. The molecule has 1 heterocycles. The van der Waals surface area contributed by atoms with Crippen LogP contribution in [-0.4, -0.2) is 42.6 Å². The zero-order valence-electron chi connectivity index (χ0n) is 16.8. The first kappa shape index (κ1) is 23.1. The number of hydrogen-bond donors (Lipinski definition) is 2. The van der Waals surface area contributed by atoms with Crippen LogP contribution in [0.25, 0.3) is 6.08 Å². The Balaban J connectivity index is 2.01. The molecule has 9 nitrogen and oxygen atoms in total. The van der Waals surface area contributed by atoms with E-state index in [1.165, 1.54) is 37.5 Å². The molecule has 11 heteroatoms. The highest BCUT2D eigenvalue weighted by atomic mass is 35.5. The fourth-order valence-corrected chi connectivity index (χ4v) is 3.33. The van der Waals surface area contributed by atoms with Crippen molar-refractivity contribution < 1.29 is 33.8 Å².